The van der Waals surface area contributed by atoms with Crippen LogP contribution in [0.2, 0.25) is 0 Å². The minimum Gasteiger partial charge on any atom is -0.359 e. The van der Waals surface area contributed by atoms with E-state index in [1.807, 2.05) is 6.92 Å². The van der Waals surface area contributed by atoms with Gasteiger partial charge in [0.1, 0.15) is 0 Å². The maximum absolute atomic E-state index is 11.7. The third-order valence-corrected chi connectivity index (χ3v) is 4.33. The summed E-state index contributed by atoms with van der Waals surface area (Å²) in [5.74, 6) is 0.0959. The van der Waals surface area contributed by atoms with Crippen molar-refractivity contribution in [1.82, 2.24) is 15.5 Å². The van der Waals surface area contributed by atoms with Gasteiger partial charge in [0, 0.05) is 20.1 Å². The lowest BCUT2D eigenvalue weighted by molar-refractivity contribution is -0.128. The van der Waals surface area contributed by atoms with Crippen LogP contribution in [0.25, 0.3) is 0 Å². The van der Waals surface area contributed by atoms with Crippen LogP contribution >= 0.6 is 27.3 Å². The van der Waals surface area contributed by atoms with Crippen molar-refractivity contribution in [1.29, 1.82) is 0 Å². The Labute approximate surface area is 106 Å². The Morgan fingerprint density at radius 3 is 2.94 bits per heavy atom. The van der Waals surface area contributed by atoms with Crippen LogP contribution in [0.1, 0.15) is 13.3 Å². The average Bonchev–Trinajstić information content (AvgIpc) is 2.84. The molecule has 1 saturated heterocycles. The van der Waals surface area contributed by atoms with Crippen LogP contribution in [0.15, 0.2) is 3.92 Å². The number of carbonyl (C=O) groups excluding carboxylic acids is 1. The summed E-state index contributed by atoms with van der Waals surface area (Å²) in [6.45, 7) is 3.54. The normalized spacial score (nSPS) is 24.8. The van der Waals surface area contributed by atoms with Crippen LogP contribution < -0.4 is 10.2 Å². The largest absolute Gasteiger partial charge is 0.359 e. The lowest BCUT2D eigenvalue weighted by Gasteiger charge is -2.21. The fourth-order valence-corrected chi connectivity index (χ4v) is 3.05. The highest BCUT2D eigenvalue weighted by Gasteiger charge is 2.40. The van der Waals surface area contributed by atoms with Gasteiger partial charge in [0.2, 0.25) is 11.0 Å². The summed E-state index contributed by atoms with van der Waals surface area (Å²) in [5, 5.41) is 11.6. The molecular formula is C9H13BrN4OS. The van der Waals surface area contributed by atoms with Crippen LogP contribution in [0.3, 0.4) is 0 Å². The Morgan fingerprint density at radius 2 is 2.38 bits per heavy atom. The van der Waals surface area contributed by atoms with Gasteiger partial charge in [0.05, 0.1) is 5.41 Å². The zero-order valence-corrected chi connectivity index (χ0v) is 11.6. The molecule has 0 aliphatic carbocycles. The van der Waals surface area contributed by atoms with Gasteiger partial charge in [-0.25, -0.2) is 0 Å². The molecule has 2 rings (SSSR count). The maximum atomic E-state index is 11.7. The topological polar surface area (TPSA) is 58.1 Å². The smallest absolute Gasteiger partial charge is 0.227 e. The number of anilines is 1. The van der Waals surface area contributed by atoms with E-state index in [1.54, 1.807) is 7.05 Å². The van der Waals surface area contributed by atoms with Crippen molar-refractivity contribution in [3.8, 4) is 0 Å². The van der Waals surface area contributed by atoms with E-state index in [0.29, 0.717) is 6.54 Å². The Hall–Kier alpha value is -0.690. The van der Waals surface area contributed by atoms with Gasteiger partial charge in [-0.2, -0.15) is 0 Å². The van der Waals surface area contributed by atoms with Crippen LogP contribution in [0.5, 0.6) is 0 Å². The van der Waals surface area contributed by atoms with E-state index >= 15 is 0 Å². The summed E-state index contributed by atoms with van der Waals surface area (Å²) >= 11 is 4.78. The predicted octanol–water partition coefficient (Wildman–Crippen LogP) is 1.26. The zero-order chi connectivity index (χ0) is 11.8. The number of hydrogen-bond donors (Lipinski definition) is 1. The molecule has 88 valence electrons. The van der Waals surface area contributed by atoms with E-state index < -0.39 is 0 Å². The minimum atomic E-state index is -0.313. The number of hydrogen-bond acceptors (Lipinski definition) is 5. The van der Waals surface area contributed by atoms with E-state index in [-0.39, 0.29) is 11.3 Å². The van der Waals surface area contributed by atoms with Gasteiger partial charge in [-0.05, 0) is 29.3 Å². The van der Waals surface area contributed by atoms with E-state index in [2.05, 4.69) is 36.3 Å². The third kappa shape index (κ3) is 2.06. The molecule has 7 heteroatoms. The van der Waals surface area contributed by atoms with Gasteiger partial charge >= 0.3 is 0 Å². The summed E-state index contributed by atoms with van der Waals surface area (Å²) < 4.78 is 0.774. The quantitative estimate of drug-likeness (QED) is 0.894. The Bertz CT molecular complexity index is 410. The van der Waals surface area contributed by atoms with Gasteiger partial charge in [0.25, 0.3) is 0 Å². The van der Waals surface area contributed by atoms with E-state index in [4.69, 9.17) is 0 Å². The number of aromatic nitrogens is 2. The molecule has 1 amide bonds. The average molecular weight is 305 g/mol. The molecule has 0 radical (unpaired) electrons. The number of rotatable bonds is 2. The highest BCUT2D eigenvalue weighted by atomic mass is 79.9. The van der Waals surface area contributed by atoms with Gasteiger partial charge in [-0.1, -0.05) is 11.3 Å². The van der Waals surface area contributed by atoms with E-state index in [9.17, 15) is 4.79 Å². The summed E-state index contributed by atoms with van der Waals surface area (Å²) in [4.78, 5) is 13.8. The molecule has 1 unspecified atom stereocenters. The molecule has 0 aromatic carbocycles. The molecule has 1 aliphatic heterocycles. The van der Waals surface area contributed by atoms with Gasteiger partial charge in [-0.3, -0.25) is 4.79 Å². The first-order chi connectivity index (χ1) is 7.55. The van der Waals surface area contributed by atoms with Crippen molar-refractivity contribution in [3.63, 3.8) is 0 Å². The molecular weight excluding hydrogens is 292 g/mol. The molecule has 1 N–H and O–H groups in total. The first-order valence-electron chi connectivity index (χ1n) is 5.01. The molecule has 1 aromatic heterocycles. The van der Waals surface area contributed by atoms with Crippen LogP contribution in [0, 0.1) is 5.41 Å². The molecule has 1 aliphatic rings. The Kier molecular flexibility index (Phi) is 3.16. The van der Waals surface area contributed by atoms with E-state index in [1.165, 1.54) is 11.3 Å². The van der Waals surface area contributed by atoms with Crippen molar-refractivity contribution < 1.29 is 4.79 Å². The van der Waals surface area contributed by atoms with Gasteiger partial charge < -0.3 is 10.2 Å². The number of amides is 1. The SMILES string of the molecule is CNC(=O)C1(C)CCN(c2nnc(Br)s2)C1. The molecule has 0 spiro atoms. The van der Waals surface area contributed by atoms with Crippen LogP contribution in [-0.4, -0.2) is 36.2 Å². The predicted molar refractivity (Wildman–Crippen MR) is 66.6 cm³/mol. The maximum Gasteiger partial charge on any atom is 0.227 e. The van der Waals surface area contributed by atoms with Crippen molar-refractivity contribution in [2.24, 2.45) is 5.41 Å². The van der Waals surface area contributed by atoms with E-state index in [0.717, 1.165) is 22.0 Å². The van der Waals surface area contributed by atoms with Crippen LogP contribution in [-0.2, 0) is 4.79 Å². The highest BCUT2D eigenvalue weighted by Crippen LogP contribution is 2.35. The summed E-state index contributed by atoms with van der Waals surface area (Å²) in [6, 6.07) is 0. The molecule has 5 nitrogen and oxygen atoms in total. The summed E-state index contributed by atoms with van der Waals surface area (Å²) in [5.41, 5.74) is -0.313. The van der Waals surface area contributed by atoms with Crippen molar-refractivity contribution in [3.05, 3.63) is 3.92 Å². The lowest BCUT2D eigenvalue weighted by Crippen LogP contribution is -2.39. The Balaban J connectivity index is 2.11. The van der Waals surface area contributed by atoms with Crippen LogP contribution in [0.4, 0.5) is 5.13 Å². The first-order valence-corrected chi connectivity index (χ1v) is 6.62. The van der Waals surface area contributed by atoms with Crippen molar-refractivity contribution >= 4 is 38.3 Å². The van der Waals surface area contributed by atoms with Gasteiger partial charge in [0.15, 0.2) is 3.92 Å². The second-order valence-corrected chi connectivity index (χ2v) is 6.38. The van der Waals surface area contributed by atoms with Crippen molar-refractivity contribution in [2.45, 2.75) is 13.3 Å². The molecule has 1 fully saturated rings. The number of halogens is 1. The minimum absolute atomic E-state index is 0.0959. The third-order valence-electron chi connectivity index (χ3n) is 2.91. The van der Waals surface area contributed by atoms with Gasteiger partial charge in [-0.15, -0.1) is 10.2 Å². The summed E-state index contributed by atoms with van der Waals surface area (Å²) in [6.07, 6.45) is 0.851. The Morgan fingerprint density at radius 1 is 1.62 bits per heavy atom. The summed E-state index contributed by atoms with van der Waals surface area (Å²) in [7, 11) is 1.68. The molecule has 0 saturated carbocycles. The first kappa shape index (κ1) is 11.8. The zero-order valence-electron chi connectivity index (χ0n) is 9.16. The number of nitrogens with zero attached hydrogens (tertiary/aromatic N) is 3. The fraction of sp³-hybridized carbons (Fsp3) is 0.667. The molecule has 2 heterocycles. The lowest BCUT2D eigenvalue weighted by atomic mass is 9.89. The molecule has 1 aromatic rings. The van der Waals surface area contributed by atoms with Crippen molar-refractivity contribution in [2.75, 3.05) is 25.0 Å². The second kappa shape index (κ2) is 4.29. The number of nitrogens with one attached hydrogen (secondary N) is 1. The monoisotopic (exact) mass is 304 g/mol. The highest BCUT2D eigenvalue weighted by molar-refractivity contribution is 9.11. The fourth-order valence-electron chi connectivity index (χ4n) is 1.94. The molecule has 16 heavy (non-hydrogen) atoms. The number of carbonyl (C=O) groups is 1. The standard InChI is InChI=1S/C9H13BrN4OS/c1-9(6(15)11-2)3-4-14(5-9)8-13-12-7(10)16-8/h3-5H2,1-2H3,(H,11,15). The molecule has 1 atom stereocenters. The molecule has 0 bridgehead atoms. The second-order valence-electron chi connectivity index (χ2n) is 4.15.